The van der Waals surface area contributed by atoms with Crippen molar-refractivity contribution in [3.05, 3.63) is 88.5 Å². The summed E-state index contributed by atoms with van der Waals surface area (Å²) >= 11 is 6.95. The van der Waals surface area contributed by atoms with E-state index in [-0.39, 0.29) is 21.5 Å². The van der Waals surface area contributed by atoms with Gasteiger partial charge in [-0.1, -0.05) is 42.0 Å². The fourth-order valence-electron chi connectivity index (χ4n) is 4.01. The molecular formula is C26H19ClFN3O4S. The highest BCUT2D eigenvalue weighted by Gasteiger charge is 2.48. The van der Waals surface area contributed by atoms with Crippen LogP contribution in [0.5, 0.6) is 5.75 Å². The van der Waals surface area contributed by atoms with Crippen molar-refractivity contribution < 1.29 is 23.8 Å². The number of aromatic nitrogens is 2. The summed E-state index contributed by atoms with van der Waals surface area (Å²) in [5.41, 5.74) is 1.17. The summed E-state index contributed by atoms with van der Waals surface area (Å²) in [6.45, 7) is 2.47. The minimum atomic E-state index is -0.978. The molecule has 1 unspecified atom stereocenters. The van der Waals surface area contributed by atoms with Gasteiger partial charge in [-0.2, -0.15) is 0 Å². The summed E-state index contributed by atoms with van der Waals surface area (Å²) in [5.74, 6) is -2.15. The van der Waals surface area contributed by atoms with E-state index in [0.717, 1.165) is 17.8 Å². The maximum atomic E-state index is 14.0. The molecule has 0 saturated carbocycles. The number of nitrogens with zero attached hydrogens (tertiary/aromatic N) is 3. The number of thiazole rings is 1. The molecule has 1 aliphatic rings. The molecular weight excluding hydrogens is 505 g/mol. The molecule has 1 aliphatic heterocycles. The Morgan fingerprint density at radius 1 is 1.19 bits per heavy atom. The van der Waals surface area contributed by atoms with Gasteiger partial charge in [0.25, 0.3) is 5.78 Å². The second kappa shape index (κ2) is 9.67. The van der Waals surface area contributed by atoms with Crippen molar-refractivity contribution >= 4 is 55.7 Å². The largest absolute Gasteiger partial charge is 0.507 e. The fourth-order valence-corrected chi connectivity index (χ4v) is 5.17. The van der Waals surface area contributed by atoms with Gasteiger partial charge in [0.15, 0.2) is 5.13 Å². The predicted octanol–water partition coefficient (Wildman–Crippen LogP) is 5.90. The van der Waals surface area contributed by atoms with Crippen molar-refractivity contribution in [3.8, 4) is 5.75 Å². The Hall–Kier alpha value is -3.82. The van der Waals surface area contributed by atoms with Gasteiger partial charge in [-0.05, 0) is 48.4 Å². The molecule has 0 radical (unpaired) electrons. The van der Waals surface area contributed by atoms with E-state index >= 15 is 0 Å². The quantitative estimate of drug-likeness (QED) is 0.192. The third kappa shape index (κ3) is 4.20. The molecule has 7 nitrogen and oxygen atoms in total. The highest BCUT2D eigenvalue weighted by atomic mass is 35.5. The Labute approximate surface area is 214 Å². The lowest BCUT2D eigenvalue weighted by atomic mass is 9.96. The van der Waals surface area contributed by atoms with Crippen LogP contribution in [-0.4, -0.2) is 33.4 Å². The molecule has 1 atom stereocenters. The monoisotopic (exact) mass is 523 g/mol. The lowest BCUT2D eigenvalue weighted by Gasteiger charge is -2.22. The summed E-state index contributed by atoms with van der Waals surface area (Å²) in [6, 6.07) is 11.6. The van der Waals surface area contributed by atoms with Gasteiger partial charge in [0.1, 0.15) is 17.3 Å². The summed E-state index contributed by atoms with van der Waals surface area (Å²) in [5, 5.41) is 11.4. The van der Waals surface area contributed by atoms with Crippen LogP contribution in [0.1, 0.15) is 30.5 Å². The zero-order valence-electron chi connectivity index (χ0n) is 18.9. The summed E-state index contributed by atoms with van der Waals surface area (Å²) < 4.78 is 20.2. The molecule has 182 valence electrons. The van der Waals surface area contributed by atoms with E-state index in [1.807, 2.05) is 6.92 Å². The summed E-state index contributed by atoms with van der Waals surface area (Å²) in [4.78, 5) is 36.3. The lowest BCUT2D eigenvalue weighted by Crippen LogP contribution is -2.29. The number of aliphatic hydroxyl groups excluding tert-OH is 1. The van der Waals surface area contributed by atoms with Crippen LogP contribution in [0.3, 0.4) is 0 Å². The molecule has 3 heterocycles. The number of ether oxygens (including phenoxy) is 1. The smallest absolute Gasteiger partial charge is 0.301 e. The van der Waals surface area contributed by atoms with Crippen LogP contribution in [0.4, 0.5) is 9.52 Å². The minimum absolute atomic E-state index is 0.0951. The van der Waals surface area contributed by atoms with E-state index < -0.39 is 23.5 Å². The number of fused-ring (bicyclic) bond motifs is 1. The van der Waals surface area contributed by atoms with Gasteiger partial charge < -0.3 is 9.84 Å². The van der Waals surface area contributed by atoms with E-state index in [0.29, 0.717) is 33.7 Å². The Kier molecular flexibility index (Phi) is 6.42. The highest BCUT2D eigenvalue weighted by Crippen LogP contribution is 2.44. The van der Waals surface area contributed by atoms with Crippen LogP contribution < -0.4 is 9.64 Å². The number of amides is 1. The van der Waals surface area contributed by atoms with Gasteiger partial charge >= 0.3 is 5.91 Å². The zero-order valence-corrected chi connectivity index (χ0v) is 20.5. The molecule has 2 aromatic carbocycles. The number of ketones is 1. The second-order valence-corrected chi connectivity index (χ2v) is 9.47. The van der Waals surface area contributed by atoms with Crippen molar-refractivity contribution in [2.45, 2.75) is 19.4 Å². The maximum Gasteiger partial charge on any atom is 0.301 e. The summed E-state index contributed by atoms with van der Waals surface area (Å²) in [7, 11) is 0. The molecule has 5 rings (SSSR count). The molecule has 4 aromatic rings. The average Bonchev–Trinajstić information content (AvgIpc) is 3.40. The maximum absolute atomic E-state index is 14.0. The normalized spacial score (nSPS) is 17.2. The molecule has 0 aliphatic carbocycles. The van der Waals surface area contributed by atoms with Crippen molar-refractivity contribution in [2.75, 3.05) is 11.5 Å². The Morgan fingerprint density at radius 3 is 2.72 bits per heavy atom. The van der Waals surface area contributed by atoms with E-state index in [4.69, 9.17) is 16.3 Å². The number of carbonyl (C=O) groups excluding carboxylic acids is 2. The molecule has 0 bridgehead atoms. The van der Waals surface area contributed by atoms with Crippen LogP contribution in [0.15, 0.2) is 66.5 Å². The third-order valence-electron chi connectivity index (χ3n) is 5.67. The number of pyridine rings is 1. The first-order valence-corrected chi connectivity index (χ1v) is 12.3. The van der Waals surface area contributed by atoms with Crippen molar-refractivity contribution in [1.82, 2.24) is 9.97 Å². The van der Waals surface area contributed by atoms with E-state index in [1.165, 1.54) is 29.4 Å². The number of rotatable bonds is 6. The number of halogens is 2. The molecule has 0 spiro atoms. The first-order valence-electron chi connectivity index (χ1n) is 11.1. The number of aliphatic hydroxyl groups is 1. The molecule has 1 N–H and O–H groups in total. The predicted molar refractivity (Wildman–Crippen MR) is 136 cm³/mol. The van der Waals surface area contributed by atoms with Crippen LogP contribution in [0, 0.1) is 5.82 Å². The van der Waals surface area contributed by atoms with E-state index in [1.54, 1.807) is 36.4 Å². The van der Waals surface area contributed by atoms with Crippen LogP contribution in [0.25, 0.3) is 16.0 Å². The van der Waals surface area contributed by atoms with E-state index in [9.17, 15) is 19.1 Å². The van der Waals surface area contributed by atoms with Gasteiger partial charge in [-0.15, -0.1) is 0 Å². The molecule has 36 heavy (non-hydrogen) atoms. The number of benzene rings is 2. The standard InChI is InChI=1S/C26H19ClFN3O4S/c1-2-10-35-16-5-3-4-15(11-16)23(32)21-22(14-6-8-29-9-7-14)31(25(34)24(21)33)26-30-19-12-17(27)18(28)13-20(19)36-26/h3-9,11-13,22,32H,2,10H2,1H3/b23-21+. The van der Waals surface area contributed by atoms with Gasteiger partial charge in [0.2, 0.25) is 0 Å². The number of hydrogen-bond donors (Lipinski definition) is 1. The molecule has 10 heteroatoms. The number of carbonyl (C=O) groups is 2. The Morgan fingerprint density at radius 2 is 1.97 bits per heavy atom. The van der Waals surface area contributed by atoms with Gasteiger partial charge in [0, 0.05) is 18.0 Å². The summed E-state index contributed by atoms with van der Waals surface area (Å²) in [6.07, 6.45) is 3.87. The van der Waals surface area contributed by atoms with Gasteiger partial charge in [0.05, 0.1) is 33.5 Å². The van der Waals surface area contributed by atoms with Crippen LogP contribution in [0.2, 0.25) is 5.02 Å². The molecule has 1 saturated heterocycles. The van der Waals surface area contributed by atoms with Crippen molar-refractivity contribution in [1.29, 1.82) is 0 Å². The number of anilines is 1. The molecule has 1 amide bonds. The minimum Gasteiger partial charge on any atom is -0.507 e. The average molecular weight is 524 g/mol. The Bertz CT molecular complexity index is 1480. The van der Waals surface area contributed by atoms with Gasteiger partial charge in [-0.3, -0.25) is 19.5 Å². The number of hydrogen-bond acceptors (Lipinski definition) is 7. The second-order valence-electron chi connectivity index (χ2n) is 8.06. The first-order chi connectivity index (χ1) is 17.4. The van der Waals surface area contributed by atoms with E-state index in [2.05, 4.69) is 9.97 Å². The first kappa shape index (κ1) is 23.9. The van der Waals surface area contributed by atoms with Crippen molar-refractivity contribution in [2.24, 2.45) is 0 Å². The fraction of sp³-hybridized carbons (Fsp3) is 0.154. The number of Topliss-reactive ketones (excluding diaryl/α,β-unsaturated/α-hetero) is 1. The van der Waals surface area contributed by atoms with Crippen LogP contribution in [-0.2, 0) is 9.59 Å². The third-order valence-corrected chi connectivity index (χ3v) is 6.98. The zero-order chi connectivity index (χ0) is 25.4. The topological polar surface area (TPSA) is 92.6 Å². The van der Waals surface area contributed by atoms with Crippen molar-refractivity contribution in [3.63, 3.8) is 0 Å². The van der Waals surface area contributed by atoms with Gasteiger partial charge in [-0.25, -0.2) is 9.37 Å². The van der Waals surface area contributed by atoms with Crippen LogP contribution >= 0.6 is 22.9 Å². The SMILES string of the molecule is CCCOc1cccc(/C(O)=C2\C(=O)C(=O)N(c3nc4cc(Cl)c(F)cc4s3)C2c2ccncc2)c1. The Balaban J connectivity index is 1.67. The highest BCUT2D eigenvalue weighted by molar-refractivity contribution is 7.22. The lowest BCUT2D eigenvalue weighted by molar-refractivity contribution is -0.132. The molecule has 1 fully saturated rings. The molecule has 2 aromatic heterocycles.